The van der Waals surface area contributed by atoms with Gasteiger partial charge in [-0.1, -0.05) is 16.9 Å². The summed E-state index contributed by atoms with van der Waals surface area (Å²) >= 11 is 1.31. The molecular formula is C6H10N2O2S. The van der Waals surface area contributed by atoms with E-state index in [9.17, 15) is 4.79 Å². The van der Waals surface area contributed by atoms with Crippen molar-refractivity contribution in [3.8, 4) is 0 Å². The lowest BCUT2D eigenvalue weighted by Gasteiger charge is -2.26. The Kier molecular flexibility index (Phi) is 2.38. The molecule has 1 heterocycles. The van der Waals surface area contributed by atoms with Gasteiger partial charge in [-0.15, -0.1) is 0 Å². The quantitative estimate of drug-likeness (QED) is 0.426. The topological polar surface area (TPSA) is 52.9 Å². The first kappa shape index (κ1) is 8.39. The van der Waals surface area contributed by atoms with E-state index in [0.29, 0.717) is 11.6 Å². The van der Waals surface area contributed by atoms with Crippen molar-refractivity contribution in [1.29, 1.82) is 0 Å². The van der Waals surface area contributed by atoms with Crippen molar-refractivity contribution in [1.82, 2.24) is 4.90 Å². The molecule has 4 nitrogen and oxygen atoms in total. The van der Waals surface area contributed by atoms with E-state index in [2.05, 4.69) is 5.16 Å². The lowest BCUT2D eigenvalue weighted by Crippen LogP contribution is -2.41. The van der Waals surface area contributed by atoms with Crippen molar-refractivity contribution in [2.45, 2.75) is 12.2 Å². The highest BCUT2D eigenvalue weighted by Crippen LogP contribution is 2.20. The molecule has 0 aromatic heterocycles. The highest BCUT2D eigenvalue weighted by molar-refractivity contribution is 8.15. The highest BCUT2D eigenvalue weighted by Gasteiger charge is 2.27. The zero-order chi connectivity index (χ0) is 8.43. The van der Waals surface area contributed by atoms with E-state index in [-0.39, 0.29) is 11.2 Å². The number of hydrogen-bond donors (Lipinski definition) is 1. The Morgan fingerprint density at radius 3 is 2.91 bits per heavy atom. The minimum atomic E-state index is -0.125. The summed E-state index contributed by atoms with van der Waals surface area (Å²) in [6.07, 6.45) is 0. The summed E-state index contributed by atoms with van der Waals surface area (Å²) in [5, 5.41) is 12.0. The lowest BCUT2D eigenvalue weighted by atomic mass is 10.4. The molecule has 1 aliphatic rings. The summed E-state index contributed by atoms with van der Waals surface area (Å²) in [7, 11) is 1.70. The minimum Gasteiger partial charge on any atom is -0.410 e. The van der Waals surface area contributed by atoms with Crippen molar-refractivity contribution in [2.24, 2.45) is 5.16 Å². The zero-order valence-corrected chi connectivity index (χ0v) is 7.26. The average molecular weight is 174 g/mol. The number of nitrogens with zero attached hydrogens (tertiary/aromatic N) is 2. The number of carbonyl (C=O) groups is 1. The maximum Gasteiger partial charge on any atom is 0.235 e. The van der Waals surface area contributed by atoms with Gasteiger partial charge in [-0.25, -0.2) is 0 Å². The number of amides is 1. The lowest BCUT2D eigenvalue weighted by molar-refractivity contribution is -0.128. The van der Waals surface area contributed by atoms with Crippen LogP contribution in [0.3, 0.4) is 0 Å². The summed E-state index contributed by atoms with van der Waals surface area (Å²) in [4.78, 5) is 12.7. The average Bonchev–Trinajstić information content (AvgIpc) is 1.99. The first-order valence-corrected chi connectivity index (χ1v) is 4.15. The van der Waals surface area contributed by atoms with Crippen LogP contribution in [0.15, 0.2) is 5.16 Å². The number of rotatable bonds is 0. The highest BCUT2D eigenvalue weighted by atomic mass is 32.2. The maximum atomic E-state index is 11.2. The minimum absolute atomic E-state index is 0.0856. The molecule has 0 aromatic carbocycles. The monoisotopic (exact) mass is 174 g/mol. The van der Waals surface area contributed by atoms with E-state index in [4.69, 9.17) is 5.21 Å². The molecule has 1 amide bonds. The van der Waals surface area contributed by atoms with Gasteiger partial charge in [0.1, 0.15) is 5.04 Å². The van der Waals surface area contributed by atoms with Crippen molar-refractivity contribution in [3.05, 3.63) is 0 Å². The number of oxime groups is 1. The van der Waals surface area contributed by atoms with Gasteiger partial charge in [0.25, 0.3) is 0 Å². The number of thioether (sulfide) groups is 1. The Balaban J connectivity index is 2.70. The van der Waals surface area contributed by atoms with Gasteiger partial charge in [-0.05, 0) is 6.92 Å². The second-order valence-corrected chi connectivity index (χ2v) is 3.86. The zero-order valence-electron chi connectivity index (χ0n) is 6.44. The molecule has 1 atom stereocenters. The largest absolute Gasteiger partial charge is 0.410 e. The second kappa shape index (κ2) is 3.13. The van der Waals surface area contributed by atoms with Crippen molar-refractivity contribution in [2.75, 3.05) is 13.6 Å². The van der Waals surface area contributed by atoms with E-state index >= 15 is 0 Å². The first-order valence-electron chi connectivity index (χ1n) is 3.27. The fraction of sp³-hybridized carbons (Fsp3) is 0.667. The predicted molar refractivity (Wildman–Crippen MR) is 43.9 cm³/mol. The fourth-order valence-electron chi connectivity index (χ4n) is 0.938. The molecule has 0 spiro atoms. The van der Waals surface area contributed by atoms with Gasteiger partial charge in [0.05, 0.1) is 11.8 Å². The van der Waals surface area contributed by atoms with Crippen LogP contribution in [0.1, 0.15) is 6.92 Å². The molecule has 1 saturated heterocycles. The normalized spacial score (nSPS) is 29.6. The smallest absolute Gasteiger partial charge is 0.235 e. The van der Waals surface area contributed by atoms with E-state index in [1.165, 1.54) is 11.8 Å². The SMILES string of the molecule is CC1SC(=NO)CN(C)C1=O. The van der Waals surface area contributed by atoms with Gasteiger partial charge in [0, 0.05) is 7.05 Å². The molecule has 0 aromatic rings. The number of hydrogen-bond acceptors (Lipinski definition) is 4. The van der Waals surface area contributed by atoms with Crippen LogP contribution in [-0.4, -0.2) is 39.9 Å². The van der Waals surface area contributed by atoms with E-state index < -0.39 is 0 Å². The molecular weight excluding hydrogens is 164 g/mol. The Labute approximate surface area is 69.2 Å². The van der Waals surface area contributed by atoms with Gasteiger partial charge in [0.15, 0.2) is 0 Å². The predicted octanol–water partition coefficient (Wildman–Crippen LogP) is 0.368. The molecule has 1 aliphatic heterocycles. The van der Waals surface area contributed by atoms with Crippen LogP contribution in [0.4, 0.5) is 0 Å². The van der Waals surface area contributed by atoms with E-state index in [1.54, 1.807) is 18.9 Å². The Hall–Kier alpha value is -0.710. The molecule has 1 fully saturated rings. The summed E-state index contributed by atoms with van der Waals surface area (Å²) in [5.41, 5.74) is 0. The van der Waals surface area contributed by atoms with Crippen molar-refractivity contribution < 1.29 is 10.0 Å². The third kappa shape index (κ3) is 1.65. The third-order valence-electron chi connectivity index (χ3n) is 1.52. The molecule has 0 saturated carbocycles. The van der Waals surface area contributed by atoms with Crippen molar-refractivity contribution >= 4 is 22.7 Å². The van der Waals surface area contributed by atoms with Crippen LogP contribution in [0.2, 0.25) is 0 Å². The summed E-state index contributed by atoms with van der Waals surface area (Å²) < 4.78 is 0. The van der Waals surface area contributed by atoms with E-state index in [1.807, 2.05) is 0 Å². The fourth-order valence-corrected chi connectivity index (χ4v) is 1.94. The molecule has 5 heteroatoms. The Morgan fingerprint density at radius 2 is 2.45 bits per heavy atom. The molecule has 1 unspecified atom stereocenters. The standard InChI is InChI=1S/C6H10N2O2S/c1-4-6(9)8(2)3-5(7-10)11-4/h4,10H,3H2,1-2H3. The van der Waals surface area contributed by atoms with Crippen LogP contribution < -0.4 is 0 Å². The maximum absolute atomic E-state index is 11.2. The Morgan fingerprint density at radius 1 is 1.82 bits per heavy atom. The van der Waals surface area contributed by atoms with Crippen molar-refractivity contribution in [3.63, 3.8) is 0 Å². The summed E-state index contributed by atoms with van der Waals surface area (Å²) in [6, 6.07) is 0. The molecule has 0 radical (unpaired) electrons. The molecule has 11 heavy (non-hydrogen) atoms. The molecule has 1 N–H and O–H groups in total. The Bertz CT molecular complexity index is 189. The molecule has 0 aliphatic carbocycles. The molecule has 0 bridgehead atoms. The van der Waals surface area contributed by atoms with Gasteiger partial charge < -0.3 is 10.1 Å². The first-order chi connectivity index (χ1) is 5.15. The molecule has 62 valence electrons. The number of carbonyl (C=O) groups excluding carboxylic acids is 1. The third-order valence-corrected chi connectivity index (χ3v) is 2.56. The summed E-state index contributed by atoms with van der Waals surface area (Å²) in [6.45, 7) is 2.22. The van der Waals surface area contributed by atoms with Crippen LogP contribution >= 0.6 is 11.8 Å². The van der Waals surface area contributed by atoms with Crippen LogP contribution in [0.25, 0.3) is 0 Å². The molecule has 1 rings (SSSR count). The van der Waals surface area contributed by atoms with Gasteiger partial charge in [-0.3, -0.25) is 4.79 Å². The summed E-state index contributed by atoms with van der Waals surface area (Å²) in [5.74, 6) is 0.0856. The van der Waals surface area contributed by atoms with Crippen LogP contribution in [0, 0.1) is 0 Å². The van der Waals surface area contributed by atoms with Crippen LogP contribution in [0.5, 0.6) is 0 Å². The van der Waals surface area contributed by atoms with Crippen LogP contribution in [-0.2, 0) is 4.79 Å². The van der Waals surface area contributed by atoms with Gasteiger partial charge >= 0.3 is 0 Å². The van der Waals surface area contributed by atoms with Gasteiger partial charge in [-0.2, -0.15) is 0 Å². The second-order valence-electron chi connectivity index (χ2n) is 2.45. The van der Waals surface area contributed by atoms with E-state index in [0.717, 1.165) is 0 Å². The van der Waals surface area contributed by atoms with Gasteiger partial charge in [0.2, 0.25) is 5.91 Å².